The molecule has 0 saturated carbocycles. The second kappa shape index (κ2) is 4.66. The molecule has 0 spiro atoms. The fourth-order valence-electron chi connectivity index (χ4n) is 1.27. The van der Waals surface area contributed by atoms with Crippen LogP contribution in [0.25, 0.3) is 0 Å². The van der Waals surface area contributed by atoms with Crippen LogP contribution in [0, 0.1) is 17.2 Å². The van der Waals surface area contributed by atoms with Gasteiger partial charge >= 0.3 is 0 Å². The van der Waals surface area contributed by atoms with Crippen molar-refractivity contribution in [2.24, 2.45) is 0 Å². The van der Waals surface area contributed by atoms with Crippen LogP contribution in [0.5, 0.6) is 5.75 Å². The molecule has 0 unspecified atom stereocenters. The molecule has 1 rings (SSSR count). The smallest absolute Gasteiger partial charge is 0.123 e. The van der Waals surface area contributed by atoms with Crippen molar-refractivity contribution in [3.63, 3.8) is 0 Å². The molecule has 0 amide bonds. The van der Waals surface area contributed by atoms with Crippen molar-refractivity contribution in [1.29, 1.82) is 5.26 Å². The highest BCUT2D eigenvalue weighted by Gasteiger charge is 2.08. The summed E-state index contributed by atoms with van der Waals surface area (Å²) in [5.41, 5.74) is 1.69. The van der Waals surface area contributed by atoms with Crippen LogP contribution in [0.4, 0.5) is 0 Å². The Labute approximate surface area is 85.1 Å². The van der Waals surface area contributed by atoms with Crippen molar-refractivity contribution >= 4 is 0 Å². The Bertz CT molecular complexity index is 350. The molecule has 0 heterocycles. The van der Waals surface area contributed by atoms with Gasteiger partial charge in [-0.2, -0.15) is 5.26 Å². The molecule has 0 fully saturated rings. The number of hydrogen-bond donors (Lipinski definition) is 0. The predicted octanol–water partition coefficient (Wildman–Crippen LogP) is 2.92. The largest absolute Gasteiger partial charge is 0.494 e. The fourth-order valence-corrected chi connectivity index (χ4v) is 1.27. The van der Waals surface area contributed by atoms with Crippen LogP contribution in [0.2, 0.25) is 0 Å². The minimum atomic E-state index is 0.645. The minimum absolute atomic E-state index is 0.645. The van der Waals surface area contributed by atoms with E-state index in [1.165, 1.54) is 0 Å². The van der Waals surface area contributed by atoms with Crippen LogP contribution < -0.4 is 4.74 Å². The Balaban J connectivity index is 3.12. The van der Waals surface area contributed by atoms with E-state index in [9.17, 15) is 0 Å². The SMILES string of the molecule is CCOc1ccc(C#N)cc1[C](C)C. The lowest BCUT2D eigenvalue weighted by molar-refractivity contribution is 0.337. The van der Waals surface area contributed by atoms with Crippen molar-refractivity contribution < 1.29 is 4.74 Å². The number of benzene rings is 1. The van der Waals surface area contributed by atoms with Gasteiger partial charge in [0.25, 0.3) is 0 Å². The summed E-state index contributed by atoms with van der Waals surface area (Å²) in [5, 5.41) is 8.76. The average Bonchev–Trinajstić information content (AvgIpc) is 2.18. The number of nitriles is 1. The van der Waals surface area contributed by atoms with Gasteiger partial charge in [-0.3, -0.25) is 0 Å². The molecule has 1 aromatic carbocycles. The second-order valence-corrected chi connectivity index (χ2v) is 3.26. The van der Waals surface area contributed by atoms with E-state index in [1.54, 1.807) is 6.07 Å². The molecule has 0 aliphatic rings. The zero-order valence-corrected chi connectivity index (χ0v) is 8.79. The molecule has 73 valence electrons. The topological polar surface area (TPSA) is 33.0 Å². The summed E-state index contributed by atoms with van der Waals surface area (Å²) in [6.45, 7) is 6.62. The Kier molecular flexibility index (Phi) is 3.53. The summed E-state index contributed by atoms with van der Waals surface area (Å²) in [6.07, 6.45) is 0. The Hall–Kier alpha value is -1.49. The van der Waals surface area contributed by atoms with Gasteiger partial charge in [0.15, 0.2) is 0 Å². The molecule has 0 atom stereocenters. The maximum Gasteiger partial charge on any atom is 0.123 e. The first kappa shape index (κ1) is 10.6. The van der Waals surface area contributed by atoms with Gasteiger partial charge < -0.3 is 4.74 Å². The Morgan fingerprint density at radius 2 is 2.14 bits per heavy atom. The Morgan fingerprint density at radius 3 is 2.64 bits per heavy atom. The highest BCUT2D eigenvalue weighted by molar-refractivity contribution is 5.47. The van der Waals surface area contributed by atoms with Crippen molar-refractivity contribution in [3.8, 4) is 11.8 Å². The average molecular weight is 188 g/mol. The first-order valence-corrected chi connectivity index (χ1v) is 4.66. The van der Waals surface area contributed by atoms with E-state index in [2.05, 4.69) is 6.07 Å². The monoisotopic (exact) mass is 188 g/mol. The van der Waals surface area contributed by atoms with Gasteiger partial charge in [-0.1, -0.05) is 13.8 Å². The molecule has 1 aromatic rings. The third-order valence-electron chi connectivity index (χ3n) is 1.95. The van der Waals surface area contributed by atoms with E-state index in [0.29, 0.717) is 12.2 Å². The summed E-state index contributed by atoms with van der Waals surface area (Å²) in [7, 11) is 0. The molecule has 0 saturated heterocycles. The molecule has 0 N–H and O–H groups in total. The Morgan fingerprint density at radius 1 is 1.43 bits per heavy atom. The second-order valence-electron chi connectivity index (χ2n) is 3.26. The zero-order valence-electron chi connectivity index (χ0n) is 8.79. The van der Waals surface area contributed by atoms with Gasteiger partial charge in [0.1, 0.15) is 5.75 Å². The summed E-state index contributed by atoms with van der Waals surface area (Å²) >= 11 is 0. The molecular weight excluding hydrogens is 174 g/mol. The maximum atomic E-state index is 8.76. The number of ether oxygens (including phenoxy) is 1. The minimum Gasteiger partial charge on any atom is -0.494 e. The van der Waals surface area contributed by atoms with E-state index in [-0.39, 0.29) is 0 Å². The lowest BCUT2D eigenvalue weighted by atomic mass is 10.00. The quantitative estimate of drug-likeness (QED) is 0.730. The number of nitrogens with zero attached hydrogens (tertiary/aromatic N) is 1. The molecule has 0 bridgehead atoms. The lowest BCUT2D eigenvalue weighted by Gasteiger charge is -2.12. The maximum absolute atomic E-state index is 8.76. The van der Waals surface area contributed by atoms with E-state index in [1.807, 2.05) is 32.9 Å². The molecule has 0 aliphatic carbocycles. The lowest BCUT2D eigenvalue weighted by Crippen LogP contribution is -1.99. The highest BCUT2D eigenvalue weighted by atomic mass is 16.5. The first-order valence-electron chi connectivity index (χ1n) is 4.66. The molecular formula is C12H14NO. The van der Waals surface area contributed by atoms with Crippen LogP contribution in [0.1, 0.15) is 31.9 Å². The molecule has 14 heavy (non-hydrogen) atoms. The fraction of sp³-hybridized carbons (Fsp3) is 0.333. The predicted molar refractivity (Wildman–Crippen MR) is 56.0 cm³/mol. The van der Waals surface area contributed by atoms with Crippen LogP contribution in [-0.4, -0.2) is 6.61 Å². The summed E-state index contributed by atoms with van der Waals surface area (Å²) in [4.78, 5) is 0. The van der Waals surface area contributed by atoms with Gasteiger partial charge in [-0.05, 0) is 25.1 Å². The normalized spacial score (nSPS) is 9.93. The molecule has 2 heteroatoms. The van der Waals surface area contributed by atoms with Crippen LogP contribution in [0.15, 0.2) is 18.2 Å². The molecule has 0 aromatic heterocycles. The summed E-state index contributed by atoms with van der Waals surface area (Å²) in [5.74, 6) is 2.01. The van der Waals surface area contributed by atoms with Crippen LogP contribution in [0.3, 0.4) is 0 Å². The van der Waals surface area contributed by atoms with E-state index < -0.39 is 0 Å². The van der Waals surface area contributed by atoms with Gasteiger partial charge in [0.05, 0.1) is 18.2 Å². The van der Waals surface area contributed by atoms with Gasteiger partial charge in [0.2, 0.25) is 0 Å². The van der Waals surface area contributed by atoms with Crippen molar-refractivity contribution in [3.05, 3.63) is 35.2 Å². The standard InChI is InChI=1S/C12H14NO/c1-4-14-12-6-5-10(8-13)7-11(12)9(2)3/h5-7H,4H2,1-3H3. The van der Waals surface area contributed by atoms with Crippen molar-refractivity contribution in [2.75, 3.05) is 6.61 Å². The summed E-state index contributed by atoms with van der Waals surface area (Å²) < 4.78 is 5.47. The van der Waals surface area contributed by atoms with Crippen LogP contribution >= 0.6 is 0 Å². The van der Waals surface area contributed by atoms with Gasteiger partial charge in [-0.15, -0.1) is 0 Å². The van der Waals surface area contributed by atoms with Gasteiger partial charge in [0, 0.05) is 11.5 Å². The van der Waals surface area contributed by atoms with E-state index in [0.717, 1.165) is 17.2 Å². The van der Waals surface area contributed by atoms with Crippen molar-refractivity contribution in [1.82, 2.24) is 0 Å². The molecule has 1 radical (unpaired) electrons. The van der Waals surface area contributed by atoms with Gasteiger partial charge in [-0.25, -0.2) is 0 Å². The molecule has 2 nitrogen and oxygen atoms in total. The van der Waals surface area contributed by atoms with Crippen molar-refractivity contribution in [2.45, 2.75) is 20.8 Å². The highest BCUT2D eigenvalue weighted by Crippen LogP contribution is 2.26. The third kappa shape index (κ3) is 2.26. The first-order chi connectivity index (χ1) is 6.69. The molecule has 0 aliphatic heterocycles. The third-order valence-corrected chi connectivity index (χ3v) is 1.95. The van der Waals surface area contributed by atoms with Crippen LogP contribution in [-0.2, 0) is 0 Å². The number of rotatable bonds is 3. The summed E-state index contributed by atoms with van der Waals surface area (Å²) in [6, 6.07) is 7.61. The van der Waals surface area contributed by atoms with E-state index >= 15 is 0 Å². The zero-order chi connectivity index (χ0) is 10.6. The van der Waals surface area contributed by atoms with E-state index in [4.69, 9.17) is 10.00 Å². The number of hydrogen-bond acceptors (Lipinski definition) is 2.